The van der Waals surface area contributed by atoms with Gasteiger partial charge in [-0.2, -0.15) is 0 Å². The van der Waals surface area contributed by atoms with Crippen molar-refractivity contribution >= 4 is 0 Å². The van der Waals surface area contributed by atoms with Crippen LogP contribution in [0.4, 0.5) is 0 Å². The van der Waals surface area contributed by atoms with Crippen molar-refractivity contribution in [3.05, 3.63) is 24.8 Å². The summed E-state index contributed by atoms with van der Waals surface area (Å²) in [6.45, 7) is 3.72. The van der Waals surface area contributed by atoms with Crippen molar-refractivity contribution in [1.82, 2.24) is 0 Å². The van der Waals surface area contributed by atoms with Crippen molar-refractivity contribution in [2.45, 2.75) is 23.9 Å². The lowest BCUT2D eigenvalue weighted by Crippen LogP contribution is -2.17. The second-order valence-electron chi connectivity index (χ2n) is 3.02. The van der Waals surface area contributed by atoms with E-state index in [0.717, 1.165) is 0 Å². The highest BCUT2D eigenvalue weighted by molar-refractivity contribution is 5.36. The molecular weight excluding hydrogens is 128 g/mol. The average molecular weight is 136 g/mol. The maximum atomic E-state index is 5.44. The van der Waals surface area contributed by atoms with Gasteiger partial charge in [-0.15, -0.1) is 0 Å². The summed E-state index contributed by atoms with van der Waals surface area (Å²) in [6, 6.07) is 0. The molecule has 1 aliphatic carbocycles. The van der Waals surface area contributed by atoms with Crippen LogP contribution in [0.5, 0.6) is 0 Å². The molecule has 2 heteroatoms. The van der Waals surface area contributed by atoms with E-state index in [9.17, 15) is 0 Å². The van der Waals surface area contributed by atoms with Crippen LogP contribution >= 0.6 is 0 Å². The van der Waals surface area contributed by atoms with Gasteiger partial charge in [0.05, 0.1) is 0 Å². The minimum atomic E-state index is -0.141. The van der Waals surface area contributed by atoms with Crippen LogP contribution < -0.4 is 0 Å². The Morgan fingerprint density at radius 3 is 3.30 bits per heavy atom. The van der Waals surface area contributed by atoms with E-state index in [0.29, 0.717) is 12.2 Å². The number of ether oxygens (including phenoxy) is 2. The van der Waals surface area contributed by atoms with E-state index in [1.165, 1.54) is 0 Å². The zero-order valence-electron chi connectivity index (χ0n) is 5.49. The molecule has 0 bridgehead atoms. The van der Waals surface area contributed by atoms with Gasteiger partial charge in [0, 0.05) is 0 Å². The van der Waals surface area contributed by atoms with Gasteiger partial charge >= 0.3 is 0 Å². The second-order valence-corrected chi connectivity index (χ2v) is 3.02. The molecule has 0 amide bonds. The monoisotopic (exact) mass is 136 g/mol. The van der Waals surface area contributed by atoms with Crippen LogP contribution in [0.25, 0.3) is 0 Å². The number of hydrogen-bond donors (Lipinski definition) is 0. The molecule has 0 aromatic carbocycles. The minimum absolute atomic E-state index is 0.141. The molecule has 10 heavy (non-hydrogen) atoms. The molecule has 0 N–H and O–H groups in total. The van der Waals surface area contributed by atoms with Crippen LogP contribution in [0, 0.1) is 0 Å². The van der Waals surface area contributed by atoms with Crippen LogP contribution in [-0.2, 0) is 9.47 Å². The van der Waals surface area contributed by atoms with Gasteiger partial charge in [0.15, 0.2) is 0 Å². The third kappa shape index (κ3) is 0.404. The van der Waals surface area contributed by atoms with Crippen LogP contribution in [0.3, 0.4) is 0 Å². The molecule has 0 radical (unpaired) electrons. The Morgan fingerprint density at radius 1 is 1.60 bits per heavy atom. The van der Waals surface area contributed by atoms with Gasteiger partial charge in [-0.25, -0.2) is 0 Å². The normalized spacial score (nSPS) is 60.6. The zero-order valence-corrected chi connectivity index (χ0v) is 5.49. The van der Waals surface area contributed by atoms with Gasteiger partial charge in [0.25, 0.3) is 0 Å². The molecule has 52 valence electrons. The van der Waals surface area contributed by atoms with Gasteiger partial charge in [-0.1, -0.05) is 18.7 Å². The van der Waals surface area contributed by atoms with Gasteiger partial charge in [0.2, 0.25) is 0 Å². The summed E-state index contributed by atoms with van der Waals surface area (Å²) in [4.78, 5) is 0. The summed E-state index contributed by atoms with van der Waals surface area (Å²) in [6.07, 6.45) is 6.93. The van der Waals surface area contributed by atoms with Crippen molar-refractivity contribution < 1.29 is 9.47 Å². The van der Waals surface area contributed by atoms with Gasteiger partial charge < -0.3 is 9.47 Å². The third-order valence-corrected chi connectivity index (χ3v) is 2.44. The van der Waals surface area contributed by atoms with E-state index in [-0.39, 0.29) is 11.7 Å². The highest BCUT2D eigenvalue weighted by Gasteiger charge is 2.66. The molecule has 4 atom stereocenters. The summed E-state index contributed by atoms with van der Waals surface area (Å²) < 4.78 is 10.7. The Bertz CT molecular complexity index is 233. The number of epoxide rings is 2. The van der Waals surface area contributed by atoms with Gasteiger partial charge in [0.1, 0.15) is 23.9 Å². The van der Waals surface area contributed by atoms with E-state index < -0.39 is 0 Å². The van der Waals surface area contributed by atoms with Crippen molar-refractivity contribution in [1.29, 1.82) is 0 Å². The largest absolute Gasteiger partial charge is 0.362 e. The molecule has 2 fully saturated rings. The topological polar surface area (TPSA) is 25.1 Å². The molecule has 2 heterocycles. The van der Waals surface area contributed by atoms with E-state index in [1.807, 2.05) is 6.08 Å². The number of hydrogen-bond acceptors (Lipinski definition) is 2. The first kappa shape index (κ1) is 5.10. The summed E-state index contributed by atoms with van der Waals surface area (Å²) in [7, 11) is 0. The summed E-state index contributed by atoms with van der Waals surface area (Å²) in [5, 5.41) is 0. The standard InChI is InChI=1S/C8H8O2/c1-2-8-4-3-5-6(9-5)7(8)10-8/h2-7H,1H2. The molecule has 2 saturated heterocycles. The highest BCUT2D eigenvalue weighted by atomic mass is 16.7. The van der Waals surface area contributed by atoms with E-state index in [2.05, 4.69) is 18.7 Å². The van der Waals surface area contributed by atoms with Crippen molar-refractivity contribution in [2.75, 3.05) is 0 Å². The maximum Gasteiger partial charge on any atom is 0.134 e. The van der Waals surface area contributed by atoms with E-state index >= 15 is 0 Å². The summed E-state index contributed by atoms with van der Waals surface area (Å²) in [5.74, 6) is 0. The molecule has 0 saturated carbocycles. The molecular formula is C8H8O2. The molecule has 4 unspecified atom stereocenters. The second kappa shape index (κ2) is 1.22. The predicted octanol–water partition coefficient (Wildman–Crippen LogP) is 0.647. The van der Waals surface area contributed by atoms with Gasteiger partial charge in [-0.05, 0) is 6.08 Å². The fourth-order valence-electron chi connectivity index (χ4n) is 1.66. The minimum Gasteiger partial charge on any atom is -0.362 e. The van der Waals surface area contributed by atoms with Crippen LogP contribution in [0.1, 0.15) is 0 Å². The quantitative estimate of drug-likeness (QED) is 0.390. The van der Waals surface area contributed by atoms with Crippen LogP contribution in [0.2, 0.25) is 0 Å². The lowest BCUT2D eigenvalue weighted by Gasteiger charge is -2.00. The molecule has 2 nitrogen and oxygen atoms in total. The fraction of sp³-hybridized carbons (Fsp3) is 0.500. The van der Waals surface area contributed by atoms with Crippen molar-refractivity contribution in [3.8, 4) is 0 Å². The van der Waals surface area contributed by atoms with Crippen LogP contribution in [-0.4, -0.2) is 23.9 Å². The average Bonchev–Trinajstić information content (AvgIpc) is 2.82. The fourth-order valence-corrected chi connectivity index (χ4v) is 1.66. The lowest BCUT2D eigenvalue weighted by molar-refractivity contribution is 0.305. The van der Waals surface area contributed by atoms with Crippen molar-refractivity contribution in [2.24, 2.45) is 0 Å². The van der Waals surface area contributed by atoms with E-state index in [1.54, 1.807) is 0 Å². The Kier molecular flexibility index (Phi) is 0.624. The Hall–Kier alpha value is -0.600. The molecule has 3 aliphatic rings. The lowest BCUT2D eigenvalue weighted by atomic mass is 9.96. The first-order chi connectivity index (χ1) is 4.86. The van der Waals surface area contributed by atoms with Crippen LogP contribution in [0.15, 0.2) is 24.8 Å². The first-order valence-corrected chi connectivity index (χ1v) is 3.52. The molecule has 0 aromatic rings. The summed E-state index contributed by atoms with van der Waals surface area (Å²) >= 11 is 0. The Balaban J connectivity index is 2.02. The molecule has 0 aromatic heterocycles. The SMILES string of the molecule is C=CC12C=CC3OC3C1O2. The maximum absolute atomic E-state index is 5.44. The number of fused-ring (bicyclic) bond motifs is 3. The van der Waals surface area contributed by atoms with Gasteiger partial charge in [-0.3, -0.25) is 0 Å². The molecule has 0 spiro atoms. The predicted molar refractivity (Wildman–Crippen MR) is 35.6 cm³/mol. The molecule has 3 rings (SSSR count). The Labute approximate surface area is 59.1 Å². The summed E-state index contributed by atoms with van der Waals surface area (Å²) in [5.41, 5.74) is -0.141. The highest BCUT2D eigenvalue weighted by Crippen LogP contribution is 2.52. The zero-order chi connectivity index (χ0) is 6.77. The Morgan fingerprint density at radius 2 is 2.50 bits per heavy atom. The number of rotatable bonds is 1. The third-order valence-electron chi connectivity index (χ3n) is 2.44. The first-order valence-electron chi connectivity index (χ1n) is 3.52. The van der Waals surface area contributed by atoms with Crippen molar-refractivity contribution in [3.63, 3.8) is 0 Å². The smallest absolute Gasteiger partial charge is 0.134 e. The van der Waals surface area contributed by atoms with E-state index in [4.69, 9.17) is 9.47 Å². The molecule has 2 aliphatic heterocycles.